The molecule has 98 valence electrons. The van der Waals surface area contributed by atoms with Gasteiger partial charge in [0.1, 0.15) is 0 Å². The van der Waals surface area contributed by atoms with Crippen molar-refractivity contribution in [3.8, 4) is 0 Å². The Morgan fingerprint density at radius 3 is 2.75 bits per heavy atom. The molecule has 0 N–H and O–H groups in total. The Hall–Kier alpha value is -2.14. The lowest BCUT2D eigenvalue weighted by Crippen LogP contribution is -1.89. The molecular formula is C15H11BrN4. The highest BCUT2D eigenvalue weighted by atomic mass is 79.9. The number of aromatic nitrogens is 4. The van der Waals surface area contributed by atoms with Gasteiger partial charge >= 0.3 is 0 Å². The van der Waals surface area contributed by atoms with E-state index < -0.39 is 0 Å². The van der Waals surface area contributed by atoms with Gasteiger partial charge in [0, 0.05) is 22.6 Å². The molecule has 0 unspecified atom stereocenters. The first-order chi connectivity index (χ1) is 9.70. The summed E-state index contributed by atoms with van der Waals surface area (Å²) in [5.41, 5.74) is 3.52. The number of nitrogens with zero attached hydrogens (tertiary/aromatic N) is 4. The average Bonchev–Trinajstić information content (AvgIpc) is 2.45. The van der Waals surface area contributed by atoms with Gasteiger partial charge in [0.05, 0.1) is 16.7 Å². The second-order valence-electron chi connectivity index (χ2n) is 4.32. The van der Waals surface area contributed by atoms with E-state index in [0.717, 1.165) is 26.9 Å². The van der Waals surface area contributed by atoms with E-state index in [2.05, 4.69) is 35.9 Å². The normalized spacial score (nSPS) is 11.3. The van der Waals surface area contributed by atoms with Crippen LogP contribution >= 0.6 is 15.9 Å². The number of fused-ring (bicyclic) bond motifs is 1. The van der Waals surface area contributed by atoms with Gasteiger partial charge in [0.15, 0.2) is 5.82 Å². The lowest BCUT2D eigenvalue weighted by molar-refractivity contribution is 1.08. The minimum Gasteiger partial charge on any atom is -0.253 e. The molecule has 3 aromatic rings. The zero-order valence-corrected chi connectivity index (χ0v) is 12.4. The first-order valence-corrected chi connectivity index (χ1v) is 6.90. The van der Waals surface area contributed by atoms with Gasteiger partial charge in [-0.2, -0.15) is 0 Å². The fourth-order valence-electron chi connectivity index (χ4n) is 1.80. The summed E-state index contributed by atoms with van der Waals surface area (Å²) in [7, 11) is 0. The van der Waals surface area contributed by atoms with Crippen molar-refractivity contribution in [2.45, 2.75) is 6.92 Å². The van der Waals surface area contributed by atoms with Crippen LogP contribution in [0.3, 0.4) is 0 Å². The van der Waals surface area contributed by atoms with Crippen LogP contribution in [0, 0.1) is 6.92 Å². The standard InChI is InChI=1S/C15H11BrN4/c1-10-6-7-17-15(19-10)5-3-12-2-4-13-14(20-12)8-11(16)9-18-13/h2-9H,1H3/b5-3+. The summed E-state index contributed by atoms with van der Waals surface area (Å²) in [5, 5.41) is 0. The van der Waals surface area contributed by atoms with Crippen LogP contribution in [0.5, 0.6) is 0 Å². The maximum Gasteiger partial charge on any atom is 0.152 e. The molecule has 5 heteroatoms. The number of halogens is 1. The zero-order valence-electron chi connectivity index (χ0n) is 10.8. The van der Waals surface area contributed by atoms with Crippen LogP contribution in [0.25, 0.3) is 23.2 Å². The van der Waals surface area contributed by atoms with Crippen LogP contribution in [0.2, 0.25) is 0 Å². The summed E-state index contributed by atoms with van der Waals surface area (Å²) in [4.78, 5) is 17.3. The number of aryl methyl sites for hydroxylation is 1. The van der Waals surface area contributed by atoms with Gasteiger partial charge in [0.25, 0.3) is 0 Å². The third-order valence-electron chi connectivity index (χ3n) is 2.74. The maximum absolute atomic E-state index is 4.54. The average molecular weight is 327 g/mol. The van der Waals surface area contributed by atoms with E-state index in [1.807, 2.05) is 43.3 Å². The van der Waals surface area contributed by atoms with Gasteiger partial charge in [-0.3, -0.25) is 4.98 Å². The largest absolute Gasteiger partial charge is 0.253 e. The lowest BCUT2D eigenvalue weighted by Gasteiger charge is -1.99. The van der Waals surface area contributed by atoms with E-state index in [9.17, 15) is 0 Å². The van der Waals surface area contributed by atoms with Crippen molar-refractivity contribution in [2.75, 3.05) is 0 Å². The van der Waals surface area contributed by atoms with Gasteiger partial charge in [-0.1, -0.05) is 0 Å². The van der Waals surface area contributed by atoms with Gasteiger partial charge < -0.3 is 0 Å². The Bertz CT molecular complexity index is 799. The summed E-state index contributed by atoms with van der Waals surface area (Å²) < 4.78 is 0.917. The molecule has 0 saturated carbocycles. The molecule has 0 saturated heterocycles. The smallest absolute Gasteiger partial charge is 0.152 e. The SMILES string of the molecule is Cc1ccnc(/C=C/c2ccc3ncc(Br)cc3n2)n1. The fraction of sp³-hybridized carbons (Fsp3) is 0.0667. The van der Waals surface area contributed by atoms with Gasteiger partial charge in [0.2, 0.25) is 0 Å². The van der Waals surface area contributed by atoms with Crippen molar-refractivity contribution in [1.29, 1.82) is 0 Å². The van der Waals surface area contributed by atoms with Gasteiger partial charge in [-0.15, -0.1) is 0 Å². The van der Waals surface area contributed by atoms with Crippen LogP contribution < -0.4 is 0 Å². The molecule has 4 nitrogen and oxygen atoms in total. The van der Waals surface area contributed by atoms with Crippen molar-refractivity contribution in [3.63, 3.8) is 0 Å². The van der Waals surface area contributed by atoms with Crippen molar-refractivity contribution in [1.82, 2.24) is 19.9 Å². The maximum atomic E-state index is 4.54. The Balaban J connectivity index is 1.94. The zero-order chi connectivity index (χ0) is 13.9. The molecule has 0 spiro atoms. The van der Waals surface area contributed by atoms with Crippen LogP contribution in [-0.4, -0.2) is 19.9 Å². The molecule has 0 radical (unpaired) electrons. The minimum absolute atomic E-state index is 0.680. The van der Waals surface area contributed by atoms with Crippen LogP contribution in [0.15, 0.2) is 41.1 Å². The molecule has 0 aliphatic carbocycles. The second-order valence-corrected chi connectivity index (χ2v) is 5.23. The third kappa shape index (κ3) is 2.88. The summed E-state index contributed by atoms with van der Waals surface area (Å²) >= 11 is 3.40. The Morgan fingerprint density at radius 2 is 1.90 bits per heavy atom. The first kappa shape index (κ1) is 12.9. The Labute approximate surface area is 124 Å². The quantitative estimate of drug-likeness (QED) is 0.721. The predicted octanol–water partition coefficient (Wildman–Crippen LogP) is 3.66. The summed E-state index contributed by atoms with van der Waals surface area (Å²) in [5.74, 6) is 0.680. The Kier molecular flexibility index (Phi) is 3.52. The number of rotatable bonds is 2. The molecule has 0 amide bonds. The molecule has 0 bridgehead atoms. The lowest BCUT2D eigenvalue weighted by atomic mass is 10.2. The second kappa shape index (κ2) is 5.46. The molecule has 20 heavy (non-hydrogen) atoms. The molecule has 3 rings (SSSR count). The fourth-order valence-corrected chi connectivity index (χ4v) is 2.12. The van der Waals surface area contributed by atoms with E-state index in [4.69, 9.17) is 0 Å². The number of pyridine rings is 2. The van der Waals surface area contributed by atoms with Crippen molar-refractivity contribution < 1.29 is 0 Å². The molecule has 0 atom stereocenters. The van der Waals surface area contributed by atoms with Crippen LogP contribution in [0.4, 0.5) is 0 Å². The Morgan fingerprint density at radius 1 is 1.00 bits per heavy atom. The molecule has 0 fully saturated rings. The molecule has 3 aromatic heterocycles. The predicted molar refractivity (Wildman–Crippen MR) is 82.9 cm³/mol. The summed E-state index contributed by atoms with van der Waals surface area (Å²) in [6.45, 7) is 1.94. The van der Waals surface area contributed by atoms with Gasteiger partial charge in [-0.05, 0) is 59.3 Å². The number of hydrogen-bond donors (Lipinski definition) is 0. The molecule has 0 aliphatic heterocycles. The molecular weight excluding hydrogens is 316 g/mol. The van der Waals surface area contributed by atoms with Crippen molar-refractivity contribution in [2.24, 2.45) is 0 Å². The topological polar surface area (TPSA) is 51.6 Å². The first-order valence-electron chi connectivity index (χ1n) is 6.11. The highest BCUT2D eigenvalue weighted by molar-refractivity contribution is 9.10. The van der Waals surface area contributed by atoms with Crippen molar-refractivity contribution >= 4 is 39.1 Å². The third-order valence-corrected chi connectivity index (χ3v) is 3.18. The van der Waals surface area contributed by atoms with E-state index in [0.29, 0.717) is 5.82 Å². The molecule has 3 heterocycles. The molecule has 0 aromatic carbocycles. The highest BCUT2D eigenvalue weighted by Crippen LogP contribution is 2.16. The minimum atomic E-state index is 0.680. The number of hydrogen-bond acceptors (Lipinski definition) is 4. The van der Waals surface area contributed by atoms with E-state index in [1.54, 1.807) is 12.4 Å². The highest BCUT2D eigenvalue weighted by Gasteiger charge is 1.99. The monoisotopic (exact) mass is 326 g/mol. The summed E-state index contributed by atoms with van der Waals surface area (Å²) in [6, 6.07) is 7.69. The van der Waals surface area contributed by atoms with Crippen molar-refractivity contribution in [3.05, 3.63) is 58.3 Å². The van der Waals surface area contributed by atoms with E-state index in [1.165, 1.54) is 0 Å². The molecule has 0 aliphatic rings. The van der Waals surface area contributed by atoms with Crippen LogP contribution in [-0.2, 0) is 0 Å². The van der Waals surface area contributed by atoms with Crippen LogP contribution in [0.1, 0.15) is 17.2 Å². The van der Waals surface area contributed by atoms with E-state index in [-0.39, 0.29) is 0 Å². The summed E-state index contributed by atoms with van der Waals surface area (Å²) in [6.07, 6.45) is 7.26. The van der Waals surface area contributed by atoms with E-state index >= 15 is 0 Å². The van der Waals surface area contributed by atoms with Gasteiger partial charge in [-0.25, -0.2) is 15.0 Å².